The Bertz CT molecular complexity index is 1000. The highest BCUT2D eigenvalue weighted by atomic mass is 32.2. The number of rotatable bonds is 6. The van der Waals surface area contributed by atoms with Gasteiger partial charge >= 0.3 is 5.97 Å². The molecule has 1 aromatic carbocycles. The second-order valence-corrected chi connectivity index (χ2v) is 10.0. The zero-order valence-corrected chi connectivity index (χ0v) is 18.5. The molecule has 0 unspecified atom stereocenters. The monoisotopic (exact) mass is 450 g/mol. The molecule has 0 radical (unpaired) electrons. The standard InChI is InChI=1S/C20H26N4O6S/c1-13(19(26)21-14-4-6-15(7-5-14)23(2)3)30-20(27)17-8-9-18(25)24(22-17)16-10-11-31(28,29)12-16/h4-7,13,16H,8-12H2,1-3H3,(H,21,26)/t13-,16-/m0/s1. The number of sulfone groups is 1. The van der Waals surface area contributed by atoms with Gasteiger partial charge in [0.1, 0.15) is 5.71 Å². The molecule has 0 aliphatic carbocycles. The fourth-order valence-electron chi connectivity index (χ4n) is 3.34. The average molecular weight is 451 g/mol. The van der Waals surface area contributed by atoms with Crippen LogP contribution in [0.5, 0.6) is 0 Å². The summed E-state index contributed by atoms with van der Waals surface area (Å²) < 4.78 is 28.6. The van der Waals surface area contributed by atoms with Gasteiger partial charge < -0.3 is 15.0 Å². The number of esters is 1. The molecule has 11 heteroatoms. The largest absolute Gasteiger partial charge is 0.448 e. The molecule has 10 nitrogen and oxygen atoms in total. The van der Waals surface area contributed by atoms with Crippen molar-refractivity contribution in [2.45, 2.75) is 38.3 Å². The third-order valence-corrected chi connectivity index (χ3v) is 6.90. The van der Waals surface area contributed by atoms with E-state index in [1.807, 2.05) is 31.1 Å². The highest BCUT2D eigenvalue weighted by Gasteiger charge is 2.37. The molecule has 2 aliphatic rings. The van der Waals surface area contributed by atoms with E-state index >= 15 is 0 Å². The predicted molar refractivity (Wildman–Crippen MR) is 116 cm³/mol. The van der Waals surface area contributed by atoms with E-state index in [2.05, 4.69) is 10.4 Å². The molecule has 1 saturated heterocycles. The van der Waals surface area contributed by atoms with Gasteiger partial charge in [0.15, 0.2) is 15.9 Å². The Morgan fingerprint density at radius 2 is 1.90 bits per heavy atom. The van der Waals surface area contributed by atoms with E-state index in [1.165, 1.54) is 6.92 Å². The first-order valence-corrected chi connectivity index (χ1v) is 11.8. The van der Waals surface area contributed by atoms with Crippen LogP contribution in [0.25, 0.3) is 0 Å². The van der Waals surface area contributed by atoms with Gasteiger partial charge in [-0.1, -0.05) is 0 Å². The minimum atomic E-state index is -3.21. The molecule has 1 fully saturated rings. The topological polar surface area (TPSA) is 125 Å². The molecule has 0 spiro atoms. The molecule has 168 valence electrons. The fourth-order valence-corrected chi connectivity index (χ4v) is 5.03. The minimum Gasteiger partial charge on any atom is -0.448 e. The Morgan fingerprint density at radius 3 is 2.48 bits per heavy atom. The van der Waals surface area contributed by atoms with Gasteiger partial charge in [0, 0.05) is 38.3 Å². The molecular formula is C20H26N4O6S. The highest BCUT2D eigenvalue weighted by molar-refractivity contribution is 7.91. The predicted octanol–water partition coefficient (Wildman–Crippen LogP) is 0.788. The zero-order valence-electron chi connectivity index (χ0n) is 17.7. The maximum Gasteiger partial charge on any atom is 0.355 e. The number of carbonyl (C=O) groups is 3. The number of nitrogens with zero attached hydrogens (tertiary/aromatic N) is 3. The van der Waals surface area contributed by atoms with Crippen molar-refractivity contribution >= 4 is 44.7 Å². The Balaban J connectivity index is 1.61. The third-order valence-electron chi connectivity index (χ3n) is 5.15. The van der Waals surface area contributed by atoms with Crippen LogP contribution in [-0.4, -0.2) is 74.7 Å². The van der Waals surface area contributed by atoms with Gasteiger partial charge in [-0.15, -0.1) is 0 Å². The van der Waals surface area contributed by atoms with Gasteiger partial charge in [0.2, 0.25) is 5.91 Å². The van der Waals surface area contributed by atoms with Crippen LogP contribution in [0.2, 0.25) is 0 Å². The smallest absolute Gasteiger partial charge is 0.355 e. The molecular weight excluding hydrogens is 424 g/mol. The van der Waals surface area contributed by atoms with Gasteiger partial charge in [-0.2, -0.15) is 5.10 Å². The van der Waals surface area contributed by atoms with Crippen LogP contribution in [-0.2, 0) is 29.0 Å². The summed E-state index contributed by atoms with van der Waals surface area (Å²) in [6, 6.07) is 6.60. The van der Waals surface area contributed by atoms with Gasteiger partial charge in [0.05, 0.1) is 17.5 Å². The molecule has 3 rings (SSSR count). The summed E-state index contributed by atoms with van der Waals surface area (Å²) in [5.74, 6) is -1.81. The Kier molecular flexibility index (Phi) is 6.63. The summed E-state index contributed by atoms with van der Waals surface area (Å²) in [5.41, 5.74) is 1.54. The van der Waals surface area contributed by atoms with Gasteiger partial charge in [-0.3, -0.25) is 9.59 Å². The fraction of sp³-hybridized carbons (Fsp3) is 0.500. The van der Waals surface area contributed by atoms with Crippen LogP contribution in [0.15, 0.2) is 29.4 Å². The van der Waals surface area contributed by atoms with Crippen LogP contribution in [0.1, 0.15) is 26.2 Å². The Labute approximate surface area is 181 Å². The van der Waals surface area contributed by atoms with Crippen molar-refractivity contribution in [3.05, 3.63) is 24.3 Å². The van der Waals surface area contributed by atoms with E-state index in [9.17, 15) is 22.8 Å². The Morgan fingerprint density at radius 1 is 1.23 bits per heavy atom. The maximum absolute atomic E-state index is 12.5. The van der Waals surface area contributed by atoms with Crippen molar-refractivity contribution in [2.24, 2.45) is 5.10 Å². The van der Waals surface area contributed by atoms with Crippen molar-refractivity contribution in [3.8, 4) is 0 Å². The number of hydrazone groups is 1. The van der Waals surface area contributed by atoms with Crippen LogP contribution in [0, 0.1) is 0 Å². The molecule has 0 aromatic heterocycles. The first-order chi connectivity index (χ1) is 14.6. The second-order valence-electron chi connectivity index (χ2n) is 7.82. The molecule has 2 amide bonds. The van der Waals surface area contributed by atoms with E-state index in [-0.39, 0.29) is 42.4 Å². The molecule has 31 heavy (non-hydrogen) atoms. The number of hydrogen-bond acceptors (Lipinski definition) is 8. The van der Waals surface area contributed by atoms with Gasteiger partial charge in [-0.25, -0.2) is 18.2 Å². The van der Waals surface area contributed by atoms with E-state index in [1.54, 1.807) is 12.1 Å². The number of nitrogens with one attached hydrogen (secondary N) is 1. The maximum atomic E-state index is 12.5. The summed E-state index contributed by atoms with van der Waals surface area (Å²) in [5, 5.41) is 7.82. The summed E-state index contributed by atoms with van der Waals surface area (Å²) in [6.45, 7) is 1.44. The lowest BCUT2D eigenvalue weighted by Crippen LogP contribution is -2.42. The summed E-state index contributed by atoms with van der Waals surface area (Å²) in [4.78, 5) is 39.0. The van der Waals surface area contributed by atoms with Gasteiger partial charge in [0.25, 0.3) is 5.91 Å². The quantitative estimate of drug-likeness (QED) is 0.635. The summed E-state index contributed by atoms with van der Waals surface area (Å²) in [7, 11) is 0.604. The minimum absolute atomic E-state index is 0.00103. The highest BCUT2D eigenvalue weighted by Crippen LogP contribution is 2.22. The Hall–Kier alpha value is -2.95. The molecule has 0 bridgehead atoms. The van der Waals surface area contributed by atoms with Crippen LogP contribution in [0.3, 0.4) is 0 Å². The number of carbonyl (C=O) groups excluding carboxylic acids is 3. The number of ether oxygens (including phenoxy) is 1. The van der Waals surface area contributed by atoms with Crippen molar-refractivity contribution in [1.29, 1.82) is 0 Å². The normalized spacial score (nSPS) is 21.3. The molecule has 1 aromatic rings. The number of hydrogen-bond donors (Lipinski definition) is 1. The van der Waals surface area contributed by atoms with E-state index in [4.69, 9.17) is 4.74 Å². The number of amides is 2. The second kappa shape index (κ2) is 9.04. The molecule has 2 atom stereocenters. The van der Waals surface area contributed by atoms with Crippen molar-refractivity contribution in [2.75, 3.05) is 35.8 Å². The van der Waals surface area contributed by atoms with Crippen LogP contribution in [0.4, 0.5) is 11.4 Å². The number of anilines is 2. The van der Waals surface area contributed by atoms with Gasteiger partial charge in [-0.05, 0) is 37.6 Å². The first kappa shape index (κ1) is 22.7. The third kappa shape index (κ3) is 5.60. The van der Waals surface area contributed by atoms with Crippen molar-refractivity contribution < 1.29 is 27.5 Å². The SMILES string of the molecule is C[C@H](OC(=O)C1=NN([C@H]2CCS(=O)(=O)C2)C(=O)CC1)C(=O)Nc1ccc(N(C)C)cc1. The molecule has 1 N–H and O–H groups in total. The van der Waals surface area contributed by atoms with Crippen LogP contribution < -0.4 is 10.2 Å². The van der Waals surface area contributed by atoms with E-state index in [0.29, 0.717) is 5.69 Å². The van der Waals surface area contributed by atoms with Crippen molar-refractivity contribution in [3.63, 3.8) is 0 Å². The molecule has 2 aliphatic heterocycles. The molecule has 0 saturated carbocycles. The van der Waals surface area contributed by atoms with E-state index in [0.717, 1.165) is 10.7 Å². The number of benzene rings is 1. The van der Waals surface area contributed by atoms with E-state index < -0.39 is 33.9 Å². The average Bonchev–Trinajstić information content (AvgIpc) is 3.08. The first-order valence-electron chi connectivity index (χ1n) is 9.95. The lowest BCUT2D eigenvalue weighted by Gasteiger charge is -2.27. The van der Waals surface area contributed by atoms with Crippen LogP contribution >= 0.6 is 0 Å². The zero-order chi connectivity index (χ0) is 22.8. The lowest BCUT2D eigenvalue weighted by atomic mass is 10.1. The molecule has 2 heterocycles. The van der Waals surface area contributed by atoms with Crippen molar-refractivity contribution in [1.82, 2.24) is 5.01 Å². The summed E-state index contributed by atoms with van der Waals surface area (Å²) in [6.07, 6.45) is -0.690. The lowest BCUT2D eigenvalue weighted by molar-refractivity contribution is -0.147. The summed E-state index contributed by atoms with van der Waals surface area (Å²) >= 11 is 0.